The van der Waals surface area contributed by atoms with Crippen LogP contribution in [0.3, 0.4) is 0 Å². The van der Waals surface area contributed by atoms with E-state index in [2.05, 4.69) is 4.74 Å². The topological polar surface area (TPSA) is 211 Å². The number of aliphatic hydroxyl groups excluding tert-OH is 7. The second kappa shape index (κ2) is 13.9. The molecule has 0 aliphatic carbocycles. The van der Waals surface area contributed by atoms with Crippen LogP contribution in [-0.4, -0.2) is 115 Å². The molecule has 2 aliphatic rings. The summed E-state index contributed by atoms with van der Waals surface area (Å²) in [6.45, 7) is 3.99. The summed E-state index contributed by atoms with van der Waals surface area (Å²) in [6.07, 6.45) is -9.27. The number of hydrogen-bond acceptors (Lipinski definition) is 12. The van der Waals surface area contributed by atoms with Crippen molar-refractivity contribution in [2.75, 3.05) is 13.2 Å². The number of Topliss-reactive ketones (excluding diaryl/α,β-unsaturated/α-hetero) is 3. The lowest BCUT2D eigenvalue weighted by Crippen LogP contribution is -2.53. The van der Waals surface area contributed by atoms with Gasteiger partial charge in [0, 0.05) is 6.42 Å². The molecule has 0 aromatic heterocycles. The molecule has 2 heterocycles. The van der Waals surface area contributed by atoms with E-state index in [1.54, 1.807) is 0 Å². The molecular formula is C18H32O12. The molecule has 2 rings (SSSR count). The number of carbonyl (C=O) groups is 3. The molecule has 12 nitrogen and oxygen atoms in total. The van der Waals surface area contributed by atoms with Gasteiger partial charge >= 0.3 is 0 Å². The molecule has 1 unspecified atom stereocenters. The van der Waals surface area contributed by atoms with Gasteiger partial charge in [-0.15, -0.1) is 0 Å². The van der Waals surface area contributed by atoms with Crippen molar-refractivity contribution in [3.63, 3.8) is 0 Å². The van der Waals surface area contributed by atoms with E-state index >= 15 is 0 Å². The lowest BCUT2D eigenvalue weighted by Gasteiger charge is -2.34. The smallest absolute Gasteiger partial charge is 0.183 e. The van der Waals surface area contributed by atoms with Crippen LogP contribution in [0.5, 0.6) is 0 Å². The third-order valence-corrected chi connectivity index (χ3v) is 4.07. The maximum atomic E-state index is 10.7. The number of ketones is 3. The molecule has 176 valence electrons. The minimum Gasteiger partial charge on any atom is -0.388 e. The molecule has 0 aromatic carbocycles. The van der Waals surface area contributed by atoms with Crippen LogP contribution in [0.2, 0.25) is 0 Å². The van der Waals surface area contributed by atoms with Crippen LogP contribution in [0.25, 0.3) is 0 Å². The molecule has 0 bridgehead atoms. The van der Waals surface area contributed by atoms with Crippen LogP contribution in [-0.2, 0) is 23.9 Å². The first kappa shape index (κ1) is 28.6. The molecule has 2 fully saturated rings. The van der Waals surface area contributed by atoms with E-state index in [9.17, 15) is 24.6 Å². The Labute approximate surface area is 173 Å². The molecule has 0 spiro atoms. The fourth-order valence-electron chi connectivity index (χ4n) is 2.47. The van der Waals surface area contributed by atoms with Crippen LogP contribution in [0, 0.1) is 0 Å². The predicted octanol–water partition coefficient (Wildman–Crippen LogP) is -3.58. The number of rotatable bonds is 4. The number of carbonyl (C=O) groups excluding carboxylic acids is 3. The molecule has 2 saturated heterocycles. The van der Waals surface area contributed by atoms with Crippen molar-refractivity contribution in [2.24, 2.45) is 0 Å². The van der Waals surface area contributed by atoms with E-state index < -0.39 is 49.0 Å². The Hall–Kier alpha value is -1.35. The van der Waals surface area contributed by atoms with E-state index in [0.29, 0.717) is 0 Å². The van der Waals surface area contributed by atoms with Gasteiger partial charge in [0.15, 0.2) is 6.29 Å². The summed E-state index contributed by atoms with van der Waals surface area (Å²) in [5.41, 5.74) is 0. The molecule has 0 radical (unpaired) electrons. The van der Waals surface area contributed by atoms with E-state index in [1.807, 2.05) is 0 Å². The Morgan fingerprint density at radius 2 is 1.10 bits per heavy atom. The quantitative estimate of drug-likeness (QED) is 0.212. The van der Waals surface area contributed by atoms with Crippen molar-refractivity contribution in [1.82, 2.24) is 0 Å². The van der Waals surface area contributed by atoms with E-state index in [4.69, 9.17) is 30.3 Å². The van der Waals surface area contributed by atoms with Gasteiger partial charge in [-0.25, -0.2) is 0 Å². The van der Waals surface area contributed by atoms with Crippen LogP contribution < -0.4 is 0 Å². The molecule has 0 saturated carbocycles. The van der Waals surface area contributed by atoms with Crippen LogP contribution >= 0.6 is 0 Å². The monoisotopic (exact) mass is 440 g/mol. The molecule has 7 N–H and O–H groups in total. The maximum absolute atomic E-state index is 10.7. The normalized spacial score (nSPS) is 35.8. The largest absolute Gasteiger partial charge is 0.388 e. The molecule has 12 heteroatoms. The Balaban J connectivity index is 0.000000442. The maximum Gasteiger partial charge on any atom is 0.183 e. The van der Waals surface area contributed by atoms with E-state index in [-0.39, 0.29) is 43.4 Å². The number of hydrogen-bond donors (Lipinski definition) is 7. The molecular weight excluding hydrogens is 408 g/mol. The highest BCUT2D eigenvalue weighted by molar-refractivity contribution is 5.96. The lowest BCUT2D eigenvalue weighted by molar-refractivity contribution is -0.252. The van der Waals surface area contributed by atoms with Crippen molar-refractivity contribution in [3.05, 3.63) is 0 Å². The van der Waals surface area contributed by atoms with Gasteiger partial charge in [-0.1, -0.05) is 0 Å². The number of aliphatic hydroxyl groups is 7. The van der Waals surface area contributed by atoms with Gasteiger partial charge in [0.2, 0.25) is 0 Å². The average molecular weight is 440 g/mol. The van der Waals surface area contributed by atoms with Crippen molar-refractivity contribution in [2.45, 2.75) is 82.6 Å². The molecule has 0 amide bonds. The van der Waals surface area contributed by atoms with Gasteiger partial charge in [0.25, 0.3) is 0 Å². The Morgan fingerprint density at radius 3 is 1.47 bits per heavy atom. The fourth-order valence-corrected chi connectivity index (χ4v) is 2.47. The SMILES string of the molecule is CC(=O)CC(C)=O.CC(=O)C[C@@H]1OC[C@@H](O)[C@H](O)[C@H]1O.OC1OC[C@@H](O)[C@H](O)[C@H]1O. The second-order valence-electron chi connectivity index (χ2n) is 7.18. The van der Waals surface area contributed by atoms with Crippen molar-refractivity contribution in [3.8, 4) is 0 Å². The van der Waals surface area contributed by atoms with Gasteiger partial charge in [-0.3, -0.25) is 14.4 Å². The van der Waals surface area contributed by atoms with Gasteiger partial charge in [0.1, 0.15) is 54.0 Å². The van der Waals surface area contributed by atoms with Crippen LogP contribution in [0.1, 0.15) is 33.6 Å². The van der Waals surface area contributed by atoms with Gasteiger partial charge in [-0.05, 0) is 20.8 Å². The van der Waals surface area contributed by atoms with Crippen molar-refractivity contribution < 1.29 is 59.6 Å². The summed E-state index contributed by atoms with van der Waals surface area (Å²) in [5, 5.41) is 62.9. The van der Waals surface area contributed by atoms with Gasteiger partial charge < -0.3 is 45.2 Å². The minimum absolute atomic E-state index is 0.0455. The molecule has 0 aromatic rings. The Bertz CT molecular complexity index is 527. The summed E-state index contributed by atoms with van der Waals surface area (Å²) in [4.78, 5) is 30.8. The second-order valence-corrected chi connectivity index (χ2v) is 7.18. The van der Waals surface area contributed by atoms with Gasteiger partial charge in [0.05, 0.1) is 25.7 Å². The summed E-state index contributed by atoms with van der Waals surface area (Å²) in [6, 6.07) is 0. The fraction of sp³-hybridized carbons (Fsp3) is 0.833. The summed E-state index contributed by atoms with van der Waals surface area (Å²) in [7, 11) is 0. The summed E-state index contributed by atoms with van der Waals surface area (Å²) >= 11 is 0. The summed E-state index contributed by atoms with van der Waals surface area (Å²) < 4.78 is 9.47. The first-order chi connectivity index (χ1) is 13.8. The van der Waals surface area contributed by atoms with Crippen LogP contribution in [0.4, 0.5) is 0 Å². The van der Waals surface area contributed by atoms with Crippen LogP contribution in [0.15, 0.2) is 0 Å². The standard InChI is InChI=1S/C8H14O5.C5H10O5.C5H8O2/c1-4(9)2-6-8(12)7(11)5(10)3-13-6;6-2-1-10-5(9)4(8)3(2)7;1-4(6)3-5(2)7/h5-8,10-12H,2-3H2,1H3;2-9H,1H2;3H2,1-2H3/t5-,6+,7+,8+;2-,3+,4-,5?;/m11./s1. The third-order valence-electron chi connectivity index (χ3n) is 4.07. The van der Waals surface area contributed by atoms with Crippen molar-refractivity contribution >= 4 is 17.3 Å². The Morgan fingerprint density at radius 1 is 0.667 bits per heavy atom. The Kier molecular flexibility index (Phi) is 13.2. The number of ether oxygens (including phenoxy) is 2. The molecule has 8 atom stereocenters. The molecule has 30 heavy (non-hydrogen) atoms. The molecule has 2 aliphatic heterocycles. The third kappa shape index (κ3) is 10.6. The van der Waals surface area contributed by atoms with E-state index in [1.165, 1.54) is 20.8 Å². The summed E-state index contributed by atoms with van der Waals surface area (Å²) in [5.74, 6) is -0.243. The average Bonchev–Trinajstić information content (AvgIpc) is 2.63. The zero-order chi connectivity index (χ0) is 23.6. The van der Waals surface area contributed by atoms with Gasteiger partial charge in [-0.2, -0.15) is 0 Å². The zero-order valence-electron chi connectivity index (χ0n) is 17.1. The predicted molar refractivity (Wildman–Crippen MR) is 99.0 cm³/mol. The highest BCUT2D eigenvalue weighted by atomic mass is 16.6. The minimum atomic E-state index is -1.41. The first-order valence-electron chi connectivity index (χ1n) is 9.25. The zero-order valence-corrected chi connectivity index (χ0v) is 17.1. The highest BCUT2D eigenvalue weighted by Gasteiger charge is 2.38. The first-order valence-corrected chi connectivity index (χ1v) is 9.25. The van der Waals surface area contributed by atoms with E-state index in [0.717, 1.165) is 0 Å². The van der Waals surface area contributed by atoms with Crippen molar-refractivity contribution in [1.29, 1.82) is 0 Å². The highest BCUT2D eigenvalue weighted by Crippen LogP contribution is 2.18. The lowest BCUT2D eigenvalue weighted by atomic mass is 9.97.